The average molecular weight is 366 g/mol. The van der Waals surface area contributed by atoms with E-state index in [0.717, 1.165) is 16.7 Å². The van der Waals surface area contributed by atoms with E-state index in [-0.39, 0.29) is 24.5 Å². The lowest BCUT2D eigenvalue weighted by atomic mass is 10.0. The summed E-state index contributed by atoms with van der Waals surface area (Å²) in [5, 5.41) is 5.60. The molecule has 2 N–H and O–H groups in total. The minimum absolute atomic E-state index is 0.0303. The smallest absolute Gasteiger partial charge is 0.338 e. The summed E-state index contributed by atoms with van der Waals surface area (Å²) < 4.78 is 5.13. The van der Waals surface area contributed by atoms with Crippen molar-refractivity contribution in [1.29, 1.82) is 0 Å². The van der Waals surface area contributed by atoms with Crippen molar-refractivity contribution in [3.8, 4) is 0 Å². The summed E-state index contributed by atoms with van der Waals surface area (Å²) in [6, 6.07) is 12.6. The molecule has 0 bridgehead atoms. The molecular formula is C21H22N2O4. The van der Waals surface area contributed by atoms with Crippen molar-refractivity contribution in [3.63, 3.8) is 0 Å². The van der Waals surface area contributed by atoms with Crippen LogP contribution >= 0.6 is 0 Å². The maximum Gasteiger partial charge on any atom is 0.338 e. The fraction of sp³-hybridized carbons (Fsp3) is 0.286. The van der Waals surface area contributed by atoms with E-state index in [0.29, 0.717) is 24.1 Å². The molecule has 1 aliphatic heterocycles. The molecule has 1 unspecified atom stereocenters. The summed E-state index contributed by atoms with van der Waals surface area (Å²) in [6.45, 7) is 3.53. The van der Waals surface area contributed by atoms with Crippen LogP contribution in [0.5, 0.6) is 0 Å². The van der Waals surface area contributed by atoms with Gasteiger partial charge in [0.2, 0.25) is 5.91 Å². The van der Waals surface area contributed by atoms with Crippen LogP contribution in [-0.2, 0) is 20.7 Å². The largest absolute Gasteiger partial charge is 0.452 e. The highest BCUT2D eigenvalue weighted by Gasteiger charge is 2.18. The van der Waals surface area contributed by atoms with Crippen molar-refractivity contribution < 1.29 is 19.1 Å². The molecule has 0 saturated heterocycles. The fourth-order valence-corrected chi connectivity index (χ4v) is 3.16. The van der Waals surface area contributed by atoms with Gasteiger partial charge in [0, 0.05) is 12.1 Å². The first-order chi connectivity index (χ1) is 12.9. The summed E-state index contributed by atoms with van der Waals surface area (Å²) in [6.07, 6.45) is 0.974. The van der Waals surface area contributed by atoms with E-state index in [1.807, 2.05) is 38.1 Å². The van der Waals surface area contributed by atoms with Gasteiger partial charge in [-0.1, -0.05) is 24.3 Å². The van der Waals surface area contributed by atoms with Crippen LogP contribution in [0.4, 0.5) is 5.69 Å². The molecular weight excluding hydrogens is 344 g/mol. The summed E-state index contributed by atoms with van der Waals surface area (Å²) in [4.78, 5) is 35.7. The predicted molar refractivity (Wildman–Crippen MR) is 101 cm³/mol. The first kappa shape index (κ1) is 18.6. The second kappa shape index (κ2) is 8.03. The number of benzene rings is 2. The van der Waals surface area contributed by atoms with E-state index in [1.165, 1.54) is 0 Å². The Kier molecular flexibility index (Phi) is 5.54. The van der Waals surface area contributed by atoms with Gasteiger partial charge >= 0.3 is 5.97 Å². The van der Waals surface area contributed by atoms with Crippen molar-refractivity contribution >= 4 is 23.5 Å². The van der Waals surface area contributed by atoms with Crippen molar-refractivity contribution in [2.24, 2.45) is 0 Å². The third kappa shape index (κ3) is 4.53. The second-order valence-corrected chi connectivity index (χ2v) is 6.64. The predicted octanol–water partition coefficient (Wildman–Crippen LogP) is 2.91. The number of hydrogen-bond acceptors (Lipinski definition) is 4. The van der Waals surface area contributed by atoms with E-state index in [2.05, 4.69) is 10.6 Å². The van der Waals surface area contributed by atoms with E-state index in [9.17, 15) is 14.4 Å². The maximum atomic E-state index is 12.2. The molecule has 2 aromatic rings. The Morgan fingerprint density at radius 3 is 2.74 bits per heavy atom. The van der Waals surface area contributed by atoms with Crippen LogP contribution in [0, 0.1) is 6.92 Å². The van der Waals surface area contributed by atoms with Gasteiger partial charge in [-0.25, -0.2) is 4.79 Å². The number of nitrogens with one attached hydrogen (secondary N) is 2. The molecule has 6 heteroatoms. The Morgan fingerprint density at radius 1 is 1.19 bits per heavy atom. The van der Waals surface area contributed by atoms with Crippen LogP contribution in [0.1, 0.15) is 46.4 Å². The number of carbonyl (C=O) groups is 3. The first-order valence-corrected chi connectivity index (χ1v) is 8.89. The van der Waals surface area contributed by atoms with Crippen LogP contribution in [-0.4, -0.2) is 24.4 Å². The molecule has 3 rings (SSSR count). The van der Waals surface area contributed by atoms with Crippen molar-refractivity contribution in [3.05, 3.63) is 64.7 Å². The summed E-state index contributed by atoms with van der Waals surface area (Å²) in [5.74, 6) is -0.949. The molecule has 0 radical (unpaired) electrons. The van der Waals surface area contributed by atoms with Gasteiger partial charge in [-0.15, -0.1) is 0 Å². The second-order valence-electron chi connectivity index (χ2n) is 6.64. The number of rotatable bonds is 5. The van der Waals surface area contributed by atoms with Crippen molar-refractivity contribution in [2.45, 2.75) is 32.7 Å². The number of esters is 1. The van der Waals surface area contributed by atoms with E-state index < -0.39 is 5.97 Å². The Bertz CT molecular complexity index is 892. The van der Waals surface area contributed by atoms with Crippen LogP contribution in [0.15, 0.2) is 42.5 Å². The van der Waals surface area contributed by atoms with Gasteiger partial charge in [-0.2, -0.15) is 0 Å². The zero-order valence-corrected chi connectivity index (χ0v) is 15.4. The topological polar surface area (TPSA) is 84.5 Å². The molecule has 27 heavy (non-hydrogen) atoms. The summed E-state index contributed by atoms with van der Waals surface area (Å²) in [7, 11) is 0. The SMILES string of the molecule is Cc1ccccc1C(C)NC(=O)COC(=O)c1ccc2c(c1)CCC(=O)N2. The molecule has 1 aliphatic rings. The Hall–Kier alpha value is -3.15. The Morgan fingerprint density at radius 2 is 1.96 bits per heavy atom. The minimum Gasteiger partial charge on any atom is -0.452 e. The molecule has 2 amide bonds. The Balaban J connectivity index is 1.55. The average Bonchev–Trinajstić information content (AvgIpc) is 2.66. The van der Waals surface area contributed by atoms with Gasteiger partial charge < -0.3 is 15.4 Å². The molecule has 2 aromatic carbocycles. The van der Waals surface area contributed by atoms with Gasteiger partial charge in [0.05, 0.1) is 11.6 Å². The lowest BCUT2D eigenvalue weighted by Gasteiger charge is -2.18. The minimum atomic E-state index is -0.562. The molecule has 6 nitrogen and oxygen atoms in total. The molecule has 140 valence electrons. The quantitative estimate of drug-likeness (QED) is 0.797. The van der Waals surface area contributed by atoms with Crippen LogP contribution in [0.3, 0.4) is 0 Å². The number of hydrogen-bond donors (Lipinski definition) is 2. The van der Waals surface area contributed by atoms with Crippen LogP contribution in [0.2, 0.25) is 0 Å². The highest BCUT2D eigenvalue weighted by Crippen LogP contribution is 2.24. The van der Waals surface area contributed by atoms with Gasteiger partial charge in [0.25, 0.3) is 5.91 Å². The Labute approximate surface area is 157 Å². The lowest BCUT2D eigenvalue weighted by molar-refractivity contribution is -0.124. The monoisotopic (exact) mass is 366 g/mol. The third-order valence-corrected chi connectivity index (χ3v) is 4.60. The number of ether oxygens (including phenoxy) is 1. The zero-order valence-electron chi connectivity index (χ0n) is 15.4. The van der Waals surface area contributed by atoms with E-state index in [4.69, 9.17) is 4.74 Å². The van der Waals surface area contributed by atoms with Gasteiger partial charge in [0.1, 0.15) is 0 Å². The zero-order chi connectivity index (χ0) is 19.4. The molecule has 0 saturated carbocycles. The normalized spacial score (nSPS) is 13.9. The van der Waals surface area contributed by atoms with Crippen LogP contribution < -0.4 is 10.6 Å². The maximum absolute atomic E-state index is 12.2. The van der Waals surface area contributed by atoms with Gasteiger partial charge in [-0.05, 0) is 55.2 Å². The molecule has 1 atom stereocenters. The number of aryl methyl sites for hydroxylation is 2. The standard InChI is InChI=1S/C21H22N2O4/c1-13-5-3-4-6-17(13)14(2)22-20(25)12-27-21(26)16-7-9-18-15(11-16)8-10-19(24)23-18/h3-7,9,11,14H,8,10,12H2,1-2H3,(H,22,25)(H,23,24). The molecule has 1 heterocycles. The molecule has 0 spiro atoms. The van der Waals surface area contributed by atoms with Crippen molar-refractivity contribution in [2.75, 3.05) is 11.9 Å². The highest BCUT2D eigenvalue weighted by atomic mass is 16.5. The summed E-state index contributed by atoms with van der Waals surface area (Å²) in [5.41, 5.74) is 4.08. The number of amides is 2. The van der Waals surface area contributed by atoms with Crippen LogP contribution in [0.25, 0.3) is 0 Å². The first-order valence-electron chi connectivity index (χ1n) is 8.89. The third-order valence-electron chi connectivity index (χ3n) is 4.60. The van der Waals surface area contributed by atoms with E-state index >= 15 is 0 Å². The van der Waals surface area contributed by atoms with Crippen molar-refractivity contribution in [1.82, 2.24) is 5.32 Å². The molecule has 0 aromatic heterocycles. The van der Waals surface area contributed by atoms with Gasteiger partial charge in [-0.3, -0.25) is 9.59 Å². The summed E-state index contributed by atoms with van der Waals surface area (Å²) >= 11 is 0. The fourth-order valence-electron chi connectivity index (χ4n) is 3.16. The number of fused-ring (bicyclic) bond motifs is 1. The number of anilines is 1. The van der Waals surface area contributed by atoms with Gasteiger partial charge in [0.15, 0.2) is 6.61 Å². The lowest BCUT2D eigenvalue weighted by Crippen LogP contribution is -2.31. The molecule has 0 fully saturated rings. The number of carbonyl (C=O) groups excluding carboxylic acids is 3. The molecule has 0 aliphatic carbocycles. The van der Waals surface area contributed by atoms with E-state index in [1.54, 1.807) is 18.2 Å². The highest BCUT2D eigenvalue weighted by molar-refractivity contribution is 5.96.